The predicted molar refractivity (Wildman–Crippen MR) is 120 cm³/mol. The first-order valence-corrected chi connectivity index (χ1v) is 10.4. The van der Waals surface area contributed by atoms with Crippen molar-refractivity contribution >= 4 is 17.6 Å². The largest absolute Gasteiger partial charge is 0.493 e. The number of amides is 1. The molecule has 2 aromatic carbocycles. The van der Waals surface area contributed by atoms with Gasteiger partial charge < -0.3 is 18.6 Å². The molecule has 2 heterocycles. The van der Waals surface area contributed by atoms with Gasteiger partial charge in [0.1, 0.15) is 11.8 Å². The van der Waals surface area contributed by atoms with Crippen LogP contribution in [0.2, 0.25) is 0 Å². The summed E-state index contributed by atoms with van der Waals surface area (Å²) < 4.78 is 21.3. The van der Waals surface area contributed by atoms with Crippen molar-refractivity contribution in [2.75, 3.05) is 20.8 Å². The minimum absolute atomic E-state index is 0.268. The van der Waals surface area contributed by atoms with Crippen LogP contribution in [-0.4, -0.2) is 43.4 Å². The summed E-state index contributed by atoms with van der Waals surface area (Å²) in [5.74, 6) is 0.465. The second-order valence-electron chi connectivity index (χ2n) is 7.53. The van der Waals surface area contributed by atoms with Crippen LogP contribution < -0.4 is 9.47 Å². The second kappa shape index (κ2) is 9.60. The molecular formula is C25H24N2O6. The second-order valence-corrected chi connectivity index (χ2v) is 7.53. The molecule has 1 unspecified atom stereocenters. The molecule has 8 heteroatoms. The number of aryl methyl sites for hydroxylation is 1. The van der Waals surface area contributed by atoms with Crippen molar-refractivity contribution in [3.05, 3.63) is 83.3 Å². The summed E-state index contributed by atoms with van der Waals surface area (Å²) in [6.07, 6.45) is 2.10. The number of carbonyl (C=O) groups excluding carboxylic acids is 2. The van der Waals surface area contributed by atoms with E-state index in [9.17, 15) is 9.59 Å². The Kier molecular flexibility index (Phi) is 6.44. The fraction of sp³-hybridized carbons (Fsp3) is 0.240. The fourth-order valence-corrected chi connectivity index (χ4v) is 3.60. The molecule has 170 valence electrons. The Morgan fingerprint density at radius 2 is 1.88 bits per heavy atom. The Bertz CT molecular complexity index is 1170. The highest BCUT2D eigenvalue weighted by molar-refractivity contribution is 6.03. The Hall–Kier alpha value is -4.07. The minimum atomic E-state index is -0.493. The molecule has 0 radical (unpaired) electrons. The summed E-state index contributed by atoms with van der Waals surface area (Å²) in [7, 11) is 2.76. The first-order valence-electron chi connectivity index (χ1n) is 10.4. The molecule has 0 aliphatic carbocycles. The molecule has 0 N–H and O–H groups in total. The van der Waals surface area contributed by atoms with Gasteiger partial charge in [0.05, 0.1) is 31.8 Å². The fourth-order valence-electron chi connectivity index (χ4n) is 3.60. The van der Waals surface area contributed by atoms with Gasteiger partial charge in [0.25, 0.3) is 5.91 Å². The number of nitrogens with zero attached hydrogens (tertiary/aromatic N) is 2. The number of carbonyl (C=O) groups is 2. The number of hydrogen-bond donors (Lipinski definition) is 0. The number of hydrogen-bond acceptors (Lipinski definition) is 7. The van der Waals surface area contributed by atoms with Gasteiger partial charge in [0.15, 0.2) is 18.1 Å². The van der Waals surface area contributed by atoms with E-state index >= 15 is 0 Å². The Morgan fingerprint density at radius 3 is 2.55 bits per heavy atom. The first kappa shape index (κ1) is 22.1. The van der Waals surface area contributed by atoms with Gasteiger partial charge in [-0.3, -0.25) is 4.79 Å². The molecule has 0 fully saturated rings. The number of hydrazone groups is 1. The molecule has 1 amide bonds. The van der Waals surface area contributed by atoms with E-state index in [0.29, 0.717) is 29.2 Å². The van der Waals surface area contributed by atoms with Crippen LogP contribution in [-0.2, 0) is 9.53 Å². The third-order valence-corrected chi connectivity index (χ3v) is 5.36. The molecule has 0 spiro atoms. The van der Waals surface area contributed by atoms with E-state index in [1.165, 1.54) is 25.3 Å². The molecule has 8 nitrogen and oxygen atoms in total. The van der Waals surface area contributed by atoms with Crippen molar-refractivity contribution in [2.24, 2.45) is 5.10 Å². The van der Waals surface area contributed by atoms with Gasteiger partial charge in [0, 0.05) is 6.42 Å². The Morgan fingerprint density at radius 1 is 1.09 bits per heavy atom. The van der Waals surface area contributed by atoms with E-state index in [4.69, 9.17) is 18.6 Å². The average molecular weight is 448 g/mol. The van der Waals surface area contributed by atoms with Crippen molar-refractivity contribution in [1.82, 2.24) is 5.01 Å². The summed E-state index contributed by atoms with van der Waals surface area (Å²) in [6, 6.07) is 15.9. The van der Waals surface area contributed by atoms with Gasteiger partial charge in [-0.05, 0) is 42.8 Å². The van der Waals surface area contributed by atoms with Crippen LogP contribution in [0.3, 0.4) is 0 Å². The molecule has 33 heavy (non-hydrogen) atoms. The lowest BCUT2D eigenvalue weighted by atomic mass is 10.0. The van der Waals surface area contributed by atoms with Crippen molar-refractivity contribution in [3.8, 4) is 11.5 Å². The van der Waals surface area contributed by atoms with Crippen molar-refractivity contribution < 1.29 is 28.2 Å². The van der Waals surface area contributed by atoms with E-state index in [2.05, 4.69) is 5.10 Å². The zero-order valence-corrected chi connectivity index (χ0v) is 18.6. The standard InChI is InChI=1S/C25H24N2O6/c1-16-6-8-17(9-7-16)19-14-20(21-5-4-12-32-21)27(26-19)24(28)15-33-22-11-10-18(25(29)31-3)13-23(22)30-2/h4-13,20H,14-15H2,1-3H3. The molecule has 0 saturated heterocycles. The zero-order valence-electron chi connectivity index (χ0n) is 18.6. The Balaban J connectivity index is 1.53. The predicted octanol–water partition coefficient (Wildman–Crippen LogP) is 4.14. The highest BCUT2D eigenvalue weighted by atomic mass is 16.5. The summed E-state index contributed by atoms with van der Waals surface area (Å²) in [6.45, 7) is 1.75. The van der Waals surface area contributed by atoms with Gasteiger partial charge >= 0.3 is 5.97 Å². The van der Waals surface area contributed by atoms with E-state index in [0.717, 1.165) is 16.8 Å². The zero-order chi connectivity index (χ0) is 23.4. The molecule has 1 atom stereocenters. The summed E-state index contributed by atoms with van der Waals surface area (Å²) in [5.41, 5.74) is 3.21. The van der Waals surface area contributed by atoms with Crippen LogP contribution in [0.15, 0.2) is 70.4 Å². The normalized spacial score (nSPS) is 15.2. The molecular weight excluding hydrogens is 424 g/mol. The summed E-state index contributed by atoms with van der Waals surface area (Å²) >= 11 is 0. The Labute approximate surface area is 191 Å². The topological polar surface area (TPSA) is 90.6 Å². The van der Waals surface area contributed by atoms with Crippen LogP contribution in [0.25, 0.3) is 0 Å². The van der Waals surface area contributed by atoms with Crippen molar-refractivity contribution in [2.45, 2.75) is 19.4 Å². The van der Waals surface area contributed by atoms with E-state index < -0.39 is 5.97 Å². The van der Waals surface area contributed by atoms with Gasteiger partial charge in [-0.1, -0.05) is 29.8 Å². The quantitative estimate of drug-likeness (QED) is 0.505. The van der Waals surface area contributed by atoms with Gasteiger partial charge in [-0.25, -0.2) is 9.80 Å². The van der Waals surface area contributed by atoms with E-state index in [1.54, 1.807) is 24.5 Å². The number of benzene rings is 2. The van der Waals surface area contributed by atoms with Crippen molar-refractivity contribution in [1.29, 1.82) is 0 Å². The third-order valence-electron chi connectivity index (χ3n) is 5.36. The maximum absolute atomic E-state index is 13.1. The summed E-state index contributed by atoms with van der Waals surface area (Å²) in [4.78, 5) is 24.9. The number of ether oxygens (including phenoxy) is 3. The van der Waals surface area contributed by atoms with Crippen LogP contribution in [0.5, 0.6) is 11.5 Å². The monoisotopic (exact) mass is 448 g/mol. The molecule has 1 aliphatic heterocycles. The van der Waals surface area contributed by atoms with Gasteiger partial charge in [-0.15, -0.1) is 0 Å². The lowest BCUT2D eigenvalue weighted by Crippen LogP contribution is -2.31. The molecule has 3 aromatic rings. The van der Waals surface area contributed by atoms with Crippen LogP contribution in [0, 0.1) is 6.92 Å². The minimum Gasteiger partial charge on any atom is -0.493 e. The SMILES string of the molecule is COC(=O)c1ccc(OCC(=O)N2N=C(c3ccc(C)cc3)CC2c2ccco2)c(OC)c1. The summed E-state index contributed by atoms with van der Waals surface area (Å²) in [5, 5.41) is 6.00. The third kappa shape index (κ3) is 4.74. The average Bonchev–Trinajstić information content (AvgIpc) is 3.52. The molecule has 0 bridgehead atoms. The maximum Gasteiger partial charge on any atom is 0.337 e. The highest BCUT2D eigenvalue weighted by Crippen LogP contribution is 2.34. The number of esters is 1. The lowest BCUT2D eigenvalue weighted by molar-refractivity contribution is -0.135. The number of furan rings is 1. The first-order chi connectivity index (χ1) is 16.0. The van der Waals surface area contributed by atoms with Crippen LogP contribution >= 0.6 is 0 Å². The van der Waals surface area contributed by atoms with Crippen molar-refractivity contribution in [3.63, 3.8) is 0 Å². The number of methoxy groups -OCH3 is 2. The van der Waals surface area contributed by atoms with E-state index in [1.807, 2.05) is 37.3 Å². The molecule has 4 rings (SSSR count). The van der Waals surface area contributed by atoms with Gasteiger partial charge in [0.2, 0.25) is 0 Å². The highest BCUT2D eigenvalue weighted by Gasteiger charge is 2.35. The van der Waals surface area contributed by atoms with Gasteiger partial charge in [-0.2, -0.15) is 5.10 Å². The maximum atomic E-state index is 13.1. The van der Waals surface area contributed by atoms with Crippen LogP contribution in [0.1, 0.15) is 39.7 Å². The molecule has 1 aliphatic rings. The molecule has 1 aromatic heterocycles. The number of rotatable bonds is 7. The lowest BCUT2D eigenvalue weighted by Gasteiger charge is -2.20. The smallest absolute Gasteiger partial charge is 0.337 e. The molecule has 0 saturated carbocycles. The van der Waals surface area contributed by atoms with E-state index in [-0.39, 0.29) is 18.6 Å². The van der Waals surface area contributed by atoms with Crippen LogP contribution in [0.4, 0.5) is 0 Å².